The molecule has 0 N–H and O–H groups in total. The minimum absolute atomic E-state index is 0.0540. The maximum atomic E-state index is 12.9. The van der Waals surface area contributed by atoms with Gasteiger partial charge in [-0.3, -0.25) is 9.59 Å². The van der Waals surface area contributed by atoms with Crippen LogP contribution in [-0.2, 0) is 12.8 Å². The van der Waals surface area contributed by atoms with Crippen LogP contribution in [0.4, 0.5) is 0 Å². The highest BCUT2D eigenvalue weighted by atomic mass is 32.1. The van der Waals surface area contributed by atoms with Crippen LogP contribution in [0, 0.1) is 5.92 Å². The molecule has 2 aromatic rings. The second-order valence-electron chi connectivity index (χ2n) is 7.36. The number of fused-ring (bicyclic) bond motifs is 1. The smallest absolute Gasteiger partial charge is 0.264 e. The molecule has 0 bridgehead atoms. The number of benzene rings is 1. The number of amides is 2. The minimum atomic E-state index is 0.0540. The van der Waals surface area contributed by atoms with Gasteiger partial charge in [-0.15, -0.1) is 11.3 Å². The largest absolute Gasteiger partial charge is 0.335 e. The predicted molar refractivity (Wildman–Crippen MR) is 104 cm³/mol. The Kier molecular flexibility index (Phi) is 4.81. The van der Waals surface area contributed by atoms with Crippen molar-refractivity contribution < 1.29 is 9.59 Å². The Labute approximate surface area is 158 Å². The molecule has 2 aliphatic rings. The third kappa shape index (κ3) is 3.40. The quantitative estimate of drug-likeness (QED) is 0.814. The van der Waals surface area contributed by atoms with Crippen molar-refractivity contribution in [2.45, 2.75) is 26.2 Å². The Balaban J connectivity index is 1.39. The molecule has 4 nitrogen and oxygen atoms in total. The topological polar surface area (TPSA) is 40.6 Å². The Hall–Kier alpha value is -2.14. The lowest BCUT2D eigenvalue weighted by Gasteiger charge is -2.34. The molecule has 0 spiro atoms. The van der Waals surface area contributed by atoms with Gasteiger partial charge in [-0.1, -0.05) is 25.1 Å². The van der Waals surface area contributed by atoms with E-state index >= 15 is 0 Å². The van der Waals surface area contributed by atoms with E-state index in [0.717, 1.165) is 17.7 Å². The third-order valence-corrected chi connectivity index (χ3v) is 6.64. The minimum Gasteiger partial charge on any atom is -0.335 e. The first-order valence-corrected chi connectivity index (χ1v) is 10.2. The second kappa shape index (κ2) is 7.23. The van der Waals surface area contributed by atoms with Gasteiger partial charge in [0.2, 0.25) is 0 Å². The van der Waals surface area contributed by atoms with Gasteiger partial charge >= 0.3 is 0 Å². The molecule has 1 saturated heterocycles. The number of hydrogen-bond acceptors (Lipinski definition) is 3. The van der Waals surface area contributed by atoms with Gasteiger partial charge in [0, 0.05) is 36.6 Å². The third-order valence-electron chi connectivity index (χ3n) is 5.41. The zero-order chi connectivity index (χ0) is 18.1. The first-order valence-electron chi connectivity index (χ1n) is 9.37. The van der Waals surface area contributed by atoms with Gasteiger partial charge in [0.15, 0.2) is 0 Å². The van der Waals surface area contributed by atoms with Crippen LogP contribution in [0.25, 0.3) is 0 Å². The van der Waals surface area contributed by atoms with Crippen molar-refractivity contribution in [1.29, 1.82) is 0 Å². The molecule has 1 aromatic carbocycles. The van der Waals surface area contributed by atoms with Crippen LogP contribution in [0.5, 0.6) is 0 Å². The van der Waals surface area contributed by atoms with Gasteiger partial charge in [-0.2, -0.15) is 0 Å². The molecule has 2 heterocycles. The Morgan fingerprint density at radius 1 is 1.00 bits per heavy atom. The number of thiophene rings is 1. The highest BCUT2D eigenvalue weighted by molar-refractivity contribution is 7.14. The van der Waals surface area contributed by atoms with Gasteiger partial charge in [-0.25, -0.2) is 0 Å². The fourth-order valence-electron chi connectivity index (χ4n) is 3.84. The molecular weight excluding hydrogens is 344 g/mol. The number of nitrogens with zero attached hydrogens (tertiary/aromatic N) is 2. The highest BCUT2D eigenvalue weighted by Crippen LogP contribution is 2.32. The van der Waals surface area contributed by atoms with Gasteiger partial charge in [-0.05, 0) is 48.9 Å². The summed E-state index contributed by atoms with van der Waals surface area (Å²) < 4.78 is 0. The fourth-order valence-corrected chi connectivity index (χ4v) is 5.02. The van der Waals surface area contributed by atoms with Crippen LogP contribution in [0.2, 0.25) is 0 Å². The molecule has 0 radical (unpaired) electrons. The van der Waals surface area contributed by atoms with E-state index in [1.165, 1.54) is 16.9 Å². The number of carbonyl (C=O) groups is 2. The SMILES string of the molecule is C[C@H]1CCc2sc(C(=O)N3CCN(C(=O)c4ccccc4)CC3)cc2C1. The van der Waals surface area contributed by atoms with Crippen molar-refractivity contribution in [3.8, 4) is 0 Å². The van der Waals surface area contributed by atoms with E-state index in [2.05, 4.69) is 13.0 Å². The number of rotatable bonds is 2. The van der Waals surface area contributed by atoms with Gasteiger partial charge in [0.25, 0.3) is 11.8 Å². The molecule has 4 rings (SSSR count). The molecule has 1 aliphatic heterocycles. The van der Waals surface area contributed by atoms with Gasteiger partial charge in [0.05, 0.1) is 4.88 Å². The fraction of sp³-hybridized carbons (Fsp3) is 0.429. The molecule has 1 atom stereocenters. The molecule has 0 saturated carbocycles. The molecule has 136 valence electrons. The van der Waals surface area contributed by atoms with Crippen molar-refractivity contribution in [2.75, 3.05) is 26.2 Å². The van der Waals surface area contributed by atoms with Crippen molar-refractivity contribution in [3.05, 3.63) is 57.3 Å². The van der Waals surface area contributed by atoms with E-state index in [9.17, 15) is 9.59 Å². The summed E-state index contributed by atoms with van der Waals surface area (Å²) in [5, 5.41) is 0. The number of piperazine rings is 1. The lowest BCUT2D eigenvalue weighted by molar-refractivity contribution is 0.0538. The van der Waals surface area contributed by atoms with Gasteiger partial charge in [0.1, 0.15) is 0 Å². The predicted octanol–water partition coefficient (Wildman–Crippen LogP) is 3.47. The molecule has 1 aromatic heterocycles. The van der Waals surface area contributed by atoms with Crippen molar-refractivity contribution >= 4 is 23.2 Å². The zero-order valence-electron chi connectivity index (χ0n) is 15.1. The van der Waals surface area contributed by atoms with E-state index in [-0.39, 0.29) is 11.8 Å². The van der Waals surface area contributed by atoms with Crippen LogP contribution in [0.3, 0.4) is 0 Å². The van der Waals surface area contributed by atoms with E-state index in [1.807, 2.05) is 40.1 Å². The number of hydrogen-bond donors (Lipinski definition) is 0. The lowest BCUT2D eigenvalue weighted by atomic mass is 9.90. The van der Waals surface area contributed by atoms with Crippen LogP contribution < -0.4 is 0 Å². The standard InChI is InChI=1S/C21H24N2O2S/c1-15-7-8-18-17(13-15)14-19(26-18)21(25)23-11-9-22(10-12-23)20(24)16-5-3-2-4-6-16/h2-6,14-15H,7-13H2,1H3/t15-/m0/s1. The Morgan fingerprint density at radius 2 is 1.65 bits per heavy atom. The van der Waals surface area contributed by atoms with Crippen LogP contribution in [0.1, 0.15) is 43.8 Å². The maximum absolute atomic E-state index is 12.9. The maximum Gasteiger partial charge on any atom is 0.264 e. The van der Waals surface area contributed by atoms with Crippen molar-refractivity contribution in [2.24, 2.45) is 5.92 Å². The molecule has 1 aliphatic carbocycles. The Morgan fingerprint density at radius 3 is 2.35 bits per heavy atom. The monoisotopic (exact) mass is 368 g/mol. The van der Waals surface area contributed by atoms with Crippen molar-refractivity contribution in [1.82, 2.24) is 9.80 Å². The lowest BCUT2D eigenvalue weighted by Crippen LogP contribution is -2.50. The molecule has 2 amide bonds. The van der Waals surface area contributed by atoms with E-state index in [1.54, 1.807) is 11.3 Å². The summed E-state index contributed by atoms with van der Waals surface area (Å²) in [7, 11) is 0. The highest BCUT2D eigenvalue weighted by Gasteiger charge is 2.28. The molecule has 5 heteroatoms. The average Bonchev–Trinajstić information content (AvgIpc) is 3.11. The number of aryl methyl sites for hydroxylation is 1. The molecular formula is C21H24N2O2S. The summed E-state index contributed by atoms with van der Waals surface area (Å²) in [6, 6.07) is 11.5. The summed E-state index contributed by atoms with van der Waals surface area (Å²) in [6.07, 6.45) is 3.42. The van der Waals surface area contributed by atoms with Crippen LogP contribution >= 0.6 is 11.3 Å². The summed E-state index contributed by atoms with van der Waals surface area (Å²) >= 11 is 1.67. The summed E-state index contributed by atoms with van der Waals surface area (Å²) in [5.41, 5.74) is 2.09. The zero-order valence-corrected chi connectivity index (χ0v) is 15.9. The average molecular weight is 369 g/mol. The van der Waals surface area contributed by atoms with Crippen molar-refractivity contribution in [3.63, 3.8) is 0 Å². The molecule has 0 unspecified atom stereocenters. The first-order chi connectivity index (χ1) is 12.6. The van der Waals surface area contributed by atoms with Crippen LogP contribution in [0.15, 0.2) is 36.4 Å². The van der Waals surface area contributed by atoms with E-state index < -0.39 is 0 Å². The van der Waals surface area contributed by atoms with E-state index in [4.69, 9.17) is 0 Å². The normalized spacial score (nSPS) is 20.0. The van der Waals surface area contributed by atoms with Crippen LogP contribution in [-0.4, -0.2) is 47.8 Å². The van der Waals surface area contributed by atoms with E-state index in [0.29, 0.717) is 37.7 Å². The molecule has 26 heavy (non-hydrogen) atoms. The summed E-state index contributed by atoms with van der Waals surface area (Å²) in [5.74, 6) is 0.898. The second-order valence-corrected chi connectivity index (χ2v) is 8.49. The Bertz CT molecular complexity index is 807. The summed E-state index contributed by atoms with van der Waals surface area (Å²) in [4.78, 5) is 31.4. The molecule has 1 fully saturated rings. The summed E-state index contributed by atoms with van der Waals surface area (Å²) in [6.45, 7) is 4.70. The number of carbonyl (C=O) groups excluding carboxylic acids is 2. The first kappa shape index (κ1) is 17.3. The van der Waals surface area contributed by atoms with Gasteiger partial charge < -0.3 is 9.80 Å².